The normalized spacial score (nSPS) is 14.9. The molecule has 0 radical (unpaired) electrons. The molecule has 0 spiro atoms. The number of fused-ring (bicyclic) bond motifs is 1. The molecule has 6 heteroatoms. The standard InChI is InChI=1S/C17H17F3N2S/c18-17(19,20)14-2-1-3-16(11-14)23-22-15-5-4-12-6-8-21-9-7-13(12)10-15/h1-5,10-11,21-22H,6-9H2. The first-order chi connectivity index (χ1) is 11.0. The fraction of sp³-hybridized carbons (Fsp3) is 0.294. The summed E-state index contributed by atoms with van der Waals surface area (Å²) in [6.07, 6.45) is -2.33. The number of hydrogen-bond donors (Lipinski definition) is 2. The zero-order valence-corrected chi connectivity index (χ0v) is 13.2. The van der Waals surface area contributed by atoms with Gasteiger partial charge in [0.2, 0.25) is 0 Å². The summed E-state index contributed by atoms with van der Waals surface area (Å²) in [5.41, 5.74) is 2.92. The highest BCUT2D eigenvalue weighted by atomic mass is 32.2. The van der Waals surface area contributed by atoms with E-state index in [1.54, 1.807) is 6.07 Å². The second kappa shape index (κ2) is 6.84. The van der Waals surface area contributed by atoms with Crippen LogP contribution in [0, 0.1) is 0 Å². The minimum absolute atomic E-state index is 0.538. The number of rotatable bonds is 3. The summed E-state index contributed by atoms with van der Waals surface area (Å²) in [7, 11) is 0. The highest BCUT2D eigenvalue weighted by Crippen LogP contribution is 2.32. The lowest BCUT2D eigenvalue weighted by Crippen LogP contribution is -2.16. The van der Waals surface area contributed by atoms with Gasteiger partial charge in [-0.2, -0.15) is 13.2 Å². The van der Waals surface area contributed by atoms with E-state index in [1.165, 1.54) is 29.1 Å². The van der Waals surface area contributed by atoms with Gasteiger partial charge < -0.3 is 10.0 Å². The van der Waals surface area contributed by atoms with Crippen LogP contribution in [0.25, 0.3) is 0 Å². The van der Waals surface area contributed by atoms with Crippen molar-refractivity contribution in [2.24, 2.45) is 0 Å². The number of halogens is 3. The maximum Gasteiger partial charge on any atom is 0.416 e. The third-order valence-electron chi connectivity index (χ3n) is 3.80. The van der Waals surface area contributed by atoms with Crippen LogP contribution in [0.1, 0.15) is 16.7 Å². The molecule has 1 heterocycles. The Balaban J connectivity index is 1.70. The van der Waals surface area contributed by atoms with Crippen LogP contribution in [0.5, 0.6) is 0 Å². The van der Waals surface area contributed by atoms with E-state index in [-0.39, 0.29) is 0 Å². The average Bonchev–Trinajstić information content (AvgIpc) is 2.77. The third kappa shape index (κ3) is 4.20. The molecule has 0 saturated carbocycles. The van der Waals surface area contributed by atoms with Crippen LogP contribution >= 0.6 is 11.9 Å². The molecule has 0 aromatic heterocycles. The first kappa shape index (κ1) is 16.2. The van der Waals surface area contributed by atoms with Crippen molar-refractivity contribution in [3.05, 3.63) is 59.2 Å². The van der Waals surface area contributed by atoms with Gasteiger partial charge in [-0.15, -0.1) is 0 Å². The molecule has 1 aliphatic heterocycles. The Morgan fingerprint density at radius 1 is 0.957 bits per heavy atom. The molecule has 23 heavy (non-hydrogen) atoms. The summed E-state index contributed by atoms with van der Waals surface area (Å²) >= 11 is 1.19. The van der Waals surface area contributed by atoms with Gasteiger partial charge in [-0.3, -0.25) is 0 Å². The van der Waals surface area contributed by atoms with Gasteiger partial charge in [0.25, 0.3) is 0 Å². The highest BCUT2D eigenvalue weighted by Gasteiger charge is 2.30. The summed E-state index contributed by atoms with van der Waals surface area (Å²) in [5, 5.41) is 3.36. The lowest BCUT2D eigenvalue weighted by molar-refractivity contribution is -0.137. The minimum Gasteiger partial charge on any atom is -0.326 e. The first-order valence-electron chi connectivity index (χ1n) is 7.45. The number of hydrogen-bond acceptors (Lipinski definition) is 3. The predicted molar refractivity (Wildman–Crippen MR) is 87.6 cm³/mol. The van der Waals surface area contributed by atoms with Crippen LogP contribution in [0.2, 0.25) is 0 Å². The molecular formula is C17H17F3N2S. The van der Waals surface area contributed by atoms with Crippen molar-refractivity contribution in [3.8, 4) is 0 Å². The van der Waals surface area contributed by atoms with Crippen LogP contribution < -0.4 is 10.0 Å². The monoisotopic (exact) mass is 338 g/mol. The summed E-state index contributed by atoms with van der Waals surface area (Å²) in [6, 6.07) is 11.5. The Kier molecular flexibility index (Phi) is 4.82. The van der Waals surface area contributed by atoms with Crippen LogP contribution in [-0.2, 0) is 19.0 Å². The molecule has 0 amide bonds. The lowest BCUT2D eigenvalue weighted by atomic mass is 10.0. The molecule has 2 nitrogen and oxygen atoms in total. The zero-order valence-electron chi connectivity index (χ0n) is 12.4. The smallest absolute Gasteiger partial charge is 0.326 e. The van der Waals surface area contributed by atoms with Gasteiger partial charge in [0.1, 0.15) is 0 Å². The summed E-state index contributed by atoms with van der Waals surface area (Å²) in [4.78, 5) is 0.538. The van der Waals surface area contributed by atoms with Gasteiger partial charge in [-0.1, -0.05) is 12.1 Å². The van der Waals surface area contributed by atoms with E-state index in [4.69, 9.17) is 0 Å². The number of alkyl halides is 3. The summed E-state index contributed by atoms with van der Waals surface area (Å²) in [5.74, 6) is 0. The maximum atomic E-state index is 12.7. The first-order valence-corrected chi connectivity index (χ1v) is 8.27. The van der Waals surface area contributed by atoms with Crippen molar-refractivity contribution in [2.75, 3.05) is 17.8 Å². The van der Waals surface area contributed by atoms with Crippen molar-refractivity contribution >= 4 is 17.6 Å². The minimum atomic E-state index is -4.31. The van der Waals surface area contributed by atoms with Gasteiger partial charge in [0, 0.05) is 10.6 Å². The molecule has 0 atom stereocenters. The Morgan fingerprint density at radius 3 is 2.52 bits per heavy atom. The predicted octanol–water partition coefficient (Wildman–Crippen LogP) is 4.51. The molecule has 1 aliphatic rings. The molecule has 0 unspecified atom stereocenters. The fourth-order valence-corrected chi connectivity index (χ4v) is 3.29. The largest absolute Gasteiger partial charge is 0.416 e. The Labute approximate surface area is 137 Å². The Morgan fingerprint density at radius 2 is 1.74 bits per heavy atom. The summed E-state index contributed by atoms with van der Waals surface area (Å²) in [6.45, 7) is 1.94. The van der Waals surface area contributed by atoms with Gasteiger partial charge in [0.15, 0.2) is 0 Å². The third-order valence-corrected chi connectivity index (χ3v) is 4.62. The van der Waals surface area contributed by atoms with E-state index in [0.717, 1.165) is 43.8 Å². The molecule has 3 rings (SSSR count). The fourth-order valence-electron chi connectivity index (χ4n) is 2.59. The van der Waals surface area contributed by atoms with Crippen molar-refractivity contribution in [1.29, 1.82) is 0 Å². The van der Waals surface area contributed by atoms with Crippen LogP contribution in [0.3, 0.4) is 0 Å². The molecule has 0 fully saturated rings. The van der Waals surface area contributed by atoms with Gasteiger partial charge in [0.05, 0.1) is 5.56 Å². The van der Waals surface area contributed by atoms with E-state index >= 15 is 0 Å². The number of benzene rings is 2. The Hall–Kier alpha value is -1.66. The van der Waals surface area contributed by atoms with E-state index in [1.807, 2.05) is 6.07 Å². The van der Waals surface area contributed by atoms with Crippen LogP contribution in [0.4, 0.5) is 18.9 Å². The van der Waals surface area contributed by atoms with Crippen molar-refractivity contribution in [3.63, 3.8) is 0 Å². The van der Waals surface area contributed by atoms with E-state index < -0.39 is 11.7 Å². The second-order valence-corrected chi connectivity index (χ2v) is 6.34. The topological polar surface area (TPSA) is 24.1 Å². The van der Waals surface area contributed by atoms with Crippen LogP contribution in [0.15, 0.2) is 47.4 Å². The number of nitrogens with one attached hydrogen (secondary N) is 2. The lowest BCUT2D eigenvalue weighted by Gasteiger charge is -2.11. The molecule has 0 bridgehead atoms. The van der Waals surface area contributed by atoms with Gasteiger partial charge in [-0.25, -0.2) is 0 Å². The second-order valence-electron chi connectivity index (χ2n) is 5.46. The molecule has 2 aromatic rings. The highest BCUT2D eigenvalue weighted by molar-refractivity contribution is 8.00. The van der Waals surface area contributed by atoms with Crippen molar-refractivity contribution in [1.82, 2.24) is 5.32 Å². The molecule has 2 aromatic carbocycles. The van der Waals surface area contributed by atoms with E-state index in [2.05, 4.69) is 22.2 Å². The molecule has 0 aliphatic carbocycles. The van der Waals surface area contributed by atoms with E-state index in [9.17, 15) is 13.2 Å². The maximum absolute atomic E-state index is 12.7. The summed E-state index contributed by atoms with van der Waals surface area (Å²) < 4.78 is 41.3. The molecular weight excluding hydrogens is 321 g/mol. The van der Waals surface area contributed by atoms with E-state index in [0.29, 0.717) is 4.90 Å². The van der Waals surface area contributed by atoms with Crippen molar-refractivity contribution in [2.45, 2.75) is 23.9 Å². The molecule has 122 valence electrons. The molecule has 0 saturated heterocycles. The Bertz CT molecular complexity index is 686. The van der Waals surface area contributed by atoms with Gasteiger partial charge in [-0.05, 0) is 79.3 Å². The molecule has 2 N–H and O–H groups in total. The zero-order chi connectivity index (χ0) is 16.3. The number of anilines is 1. The average molecular weight is 338 g/mol. The quantitative estimate of drug-likeness (QED) is 0.805. The SMILES string of the molecule is FC(F)(F)c1cccc(SNc2ccc3c(c2)CCNCC3)c1. The van der Waals surface area contributed by atoms with Gasteiger partial charge >= 0.3 is 6.18 Å². The van der Waals surface area contributed by atoms with Crippen molar-refractivity contribution < 1.29 is 13.2 Å². The van der Waals surface area contributed by atoms with Crippen LogP contribution in [-0.4, -0.2) is 13.1 Å².